The molecule has 0 aromatic carbocycles. The first-order valence-electron chi connectivity index (χ1n) is 5.88. The third-order valence-corrected chi connectivity index (χ3v) is 3.98. The first kappa shape index (κ1) is 12.8. The number of hydrogen-bond donors (Lipinski definition) is 1. The number of rotatable bonds is 7. The zero-order valence-electron chi connectivity index (χ0n) is 9.45. The van der Waals surface area contributed by atoms with Gasteiger partial charge in [0.15, 0.2) is 0 Å². The molecule has 88 valence electrons. The Morgan fingerprint density at radius 3 is 2.93 bits per heavy atom. The van der Waals surface area contributed by atoms with Crippen LogP contribution in [0.1, 0.15) is 45.4 Å². The molecular formula is C11H21NO2S. The van der Waals surface area contributed by atoms with Gasteiger partial charge in [-0.2, -0.15) is 0 Å². The van der Waals surface area contributed by atoms with E-state index in [1.165, 1.54) is 25.7 Å². The highest BCUT2D eigenvalue weighted by Gasteiger charge is 2.30. The summed E-state index contributed by atoms with van der Waals surface area (Å²) in [7, 11) is 0. The molecule has 1 N–H and O–H groups in total. The molecule has 1 saturated heterocycles. The zero-order valence-corrected chi connectivity index (χ0v) is 10.3. The van der Waals surface area contributed by atoms with Crippen molar-refractivity contribution in [3.8, 4) is 0 Å². The van der Waals surface area contributed by atoms with Gasteiger partial charge in [0.2, 0.25) is 0 Å². The van der Waals surface area contributed by atoms with E-state index in [0.29, 0.717) is 0 Å². The van der Waals surface area contributed by atoms with Crippen LogP contribution in [0.5, 0.6) is 0 Å². The second-order valence-electron chi connectivity index (χ2n) is 4.03. The van der Waals surface area contributed by atoms with Gasteiger partial charge in [-0.15, -0.1) is 0 Å². The van der Waals surface area contributed by atoms with E-state index in [2.05, 4.69) is 6.92 Å². The van der Waals surface area contributed by atoms with Gasteiger partial charge in [0.05, 0.1) is 0 Å². The molecule has 3 nitrogen and oxygen atoms in total. The van der Waals surface area contributed by atoms with Crippen LogP contribution >= 0.6 is 11.9 Å². The molecule has 1 aliphatic rings. The minimum atomic E-state index is -0.659. The molecule has 0 radical (unpaired) electrons. The number of carboxylic acids is 1. The Kier molecular flexibility index (Phi) is 6.10. The molecule has 0 amide bonds. The maximum Gasteiger partial charge on any atom is 0.321 e. The summed E-state index contributed by atoms with van der Waals surface area (Å²) >= 11 is 1.72. The second kappa shape index (κ2) is 7.12. The molecule has 0 aromatic heterocycles. The molecule has 0 bridgehead atoms. The number of carboxylic acid groups (broad SMARTS) is 1. The number of nitrogens with zero attached hydrogens (tertiary/aromatic N) is 1. The normalized spacial score (nSPS) is 22.1. The maximum atomic E-state index is 10.9. The summed E-state index contributed by atoms with van der Waals surface area (Å²) in [6, 6.07) is -0.235. The van der Waals surface area contributed by atoms with Crippen molar-refractivity contribution in [2.24, 2.45) is 0 Å². The van der Waals surface area contributed by atoms with Crippen LogP contribution in [0.2, 0.25) is 0 Å². The van der Waals surface area contributed by atoms with Crippen LogP contribution in [-0.4, -0.2) is 33.7 Å². The van der Waals surface area contributed by atoms with Gasteiger partial charge >= 0.3 is 5.97 Å². The highest BCUT2D eigenvalue weighted by Crippen LogP contribution is 2.26. The lowest BCUT2D eigenvalue weighted by atomic mass is 10.2. The number of hydrogen-bond acceptors (Lipinski definition) is 3. The van der Waals surface area contributed by atoms with Gasteiger partial charge in [0, 0.05) is 12.3 Å². The molecule has 1 rings (SSSR count). The van der Waals surface area contributed by atoms with Crippen molar-refractivity contribution in [2.45, 2.75) is 51.5 Å². The fourth-order valence-corrected chi connectivity index (χ4v) is 3.05. The fraction of sp³-hybridized carbons (Fsp3) is 0.909. The molecule has 15 heavy (non-hydrogen) atoms. The maximum absolute atomic E-state index is 10.9. The van der Waals surface area contributed by atoms with Gasteiger partial charge in [-0.3, -0.25) is 4.79 Å². The molecule has 0 aliphatic carbocycles. The SMILES string of the molecule is CCCCCCSN1CCCC1C(=O)O. The Hall–Kier alpha value is -0.220. The van der Waals surface area contributed by atoms with Gasteiger partial charge in [-0.25, -0.2) is 4.31 Å². The third kappa shape index (κ3) is 4.43. The molecular weight excluding hydrogens is 210 g/mol. The summed E-state index contributed by atoms with van der Waals surface area (Å²) in [5.41, 5.74) is 0. The highest BCUT2D eigenvalue weighted by atomic mass is 32.2. The predicted octanol–water partition coefficient (Wildman–Crippen LogP) is 2.76. The Labute approximate surface area is 96.4 Å². The molecule has 1 heterocycles. The number of carbonyl (C=O) groups is 1. The van der Waals surface area contributed by atoms with Gasteiger partial charge in [0.25, 0.3) is 0 Å². The second-order valence-corrected chi connectivity index (χ2v) is 5.17. The molecule has 4 heteroatoms. The fourth-order valence-electron chi connectivity index (χ4n) is 1.85. The summed E-state index contributed by atoms with van der Waals surface area (Å²) in [6.07, 6.45) is 6.88. The van der Waals surface area contributed by atoms with Crippen LogP contribution in [0.25, 0.3) is 0 Å². The number of unbranched alkanes of at least 4 members (excludes halogenated alkanes) is 3. The van der Waals surface area contributed by atoms with Crippen molar-refractivity contribution >= 4 is 17.9 Å². The largest absolute Gasteiger partial charge is 0.480 e. The summed E-state index contributed by atoms with van der Waals surface area (Å²) in [4.78, 5) is 10.9. The van der Waals surface area contributed by atoms with Crippen LogP contribution in [0.4, 0.5) is 0 Å². The molecule has 0 saturated carbocycles. The van der Waals surface area contributed by atoms with Crippen molar-refractivity contribution in [2.75, 3.05) is 12.3 Å². The van der Waals surface area contributed by atoms with Crippen molar-refractivity contribution in [3.63, 3.8) is 0 Å². The Balaban J connectivity index is 2.12. The van der Waals surface area contributed by atoms with Crippen molar-refractivity contribution < 1.29 is 9.90 Å². The Bertz CT molecular complexity index is 199. The van der Waals surface area contributed by atoms with Gasteiger partial charge in [-0.05, 0) is 19.3 Å². The molecule has 1 fully saturated rings. The average molecular weight is 231 g/mol. The van der Waals surface area contributed by atoms with Gasteiger partial charge < -0.3 is 5.11 Å². The minimum Gasteiger partial charge on any atom is -0.480 e. The van der Waals surface area contributed by atoms with Crippen LogP contribution in [0.3, 0.4) is 0 Å². The lowest BCUT2D eigenvalue weighted by molar-refractivity contribution is -0.140. The van der Waals surface area contributed by atoms with Crippen molar-refractivity contribution in [1.29, 1.82) is 0 Å². The summed E-state index contributed by atoms with van der Waals surface area (Å²) in [5, 5.41) is 8.97. The third-order valence-electron chi connectivity index (χ3n) is 2.74. The van der Waals surface area contributed by atoms with Gasteiger partial charge in [-0.1, -0.05) is 38.1 Å². The molecule has 1 unspecified atom stereocenters. The summed E-state index contributed by atoms with van der Waals surface area (Å²) in [6.45, 7) is 3.14. The Morgan fingerprint density at radius 1 is 1.47 bits per heavy atom. The van der Waals surface area contributed by atoms with E-state index >= 15 is 0 Å². The zero-order chi connectivity index (χ0) is 11.1. The van der Waals surface area contributed by atoms with Gasteiger partial charge in [0.1, 0.15) is 6.04 Å². The van der Waals surface area contributed by atoms with E-state index < -0.39 is 5.97 Å². The van der Waals surface area contributed by atoms with Crippen LogP contribution < -0.4 is 0 Å². The van der Waals surface area contributed by atoms with Crippen LogP contribution in [0, 0.1) is 0 Å². The topological polar surface area (TPSA) is 40.5 Å². The quantitative estimate of drug-likeness (QED) is 0.540. The predicted molar refractivity (Wildman–Crippen MR) is 64.0 cm³/mol. The Morgan fingerprint density at radius 2 is 2.27 bits per heavy atom. The first-order valence-corrected chi connectivity index (χ1v) is 6.82. The molecule has 1 atom stereocenters. The molecule has 0 aromatic rings. The number of aliphatic carboxylic acids is 1. The highest BCUT2D eigenvalue weighted by molar-refractivity contribution is 7.97. The van der Waals surface area contributed by atoms with E-state index in [9.17, 15) is 4.79 Å². The first-order chi connectivity index (χ1) is 7.25. The van der Waals surface area contributed by atoms with Crippen LogP contribution in [-0.2, 0) is 4.79 Å². The van der Waals surface area contributed by atoms with E-state index in [1.54, 1.807) is 11.9 Å². The smallest absolute Gasteiger partial charge is 0.321 e. The van der Waals surface area contributed by atoms with E-state index in [0.717, 1.165) is 25.1 Å². The molecule has 0 spiro atoms. The lowest BCUT2D eigenvalue weighted by Crippen LogP contribution is -2.31. The van der Waals surface area contributed by atoms with E-state index in [4.69, 9.17) is 5.11 Å². The van der Waals surface area contributed by atoms with Crippen LogP contribution in [0.15, 0.2) is 0 Å². The standard InChI is InChI=1S/C11H21NO2S/c1-2-3-4-5-9-15-12-8-6-7-10(12)11(13)14/h10H,2-9H2,1H3,(H,13,14). The van der Waals surface area contributed by atoms with E-state index in [-0.39, 0.29) is 6.04 Å². The average Bonchev–Trinajstić information content (AvgIpc) is 2.66. The molecule has 1 aliphatic heterocycles. The summed E-state index contributed by atoms with van der Waals surface area (Å²) < 4.78 is 2.05. The lowest BCUT2D eigenvalue weighted by Gasteiger charge is -2.19. The van der Waals surface area contributed by atoms with E-state index in [1.807, 2.05) is 4.31 Å². The van der Waals surface area contributed by atoms with Crippen molar-refractivity contribution in [3.05, 3.63) is 0 Å². The summed E-state index contributed by atoms with van der Waals surface area (Å²) in [5.74, 6) is 0.414. The minimum absolute atomic E-state index is 0.235. The monoisotopic (exact) mass is 231 g/mol. The van der Waals surface area contributed by atoms with Crippen molar-refractivity contribution in [1.82, 2.24) is 4.31 Å².